The standard InChI is InChI=1S/C12H18FN3O/c1-9(2)17-11-4-3-5-16(8-11)12-14-6-10(13)7-15-12/h6-7,9,11H,3-5,8H2,1-2H3/t11-/m0/s1. The fraction of sp³-hybridized carbons (Fsp3) is 0.667. The van der Waals surface area contributed by atoms with Crippen LogP contribution in [-0.4, -0.2) is 35.3 Å². The lowest BCUT2D eigenvalue weighted by molar-refractivity contribution is 0.000790. The molecule has 0 unspecified atom stereocenters. The van der Waals surface area contributed by atoms with Crippen LogP contribution in [0.15, 0.2) is 12.4 Å². The first-order valence-corrected chi connectivity index (χ1v) is 6.03. The van der Waals surface area contributed by atoms with Gasteiger partial charge in [-0.25, -0.2) is 14.4 Å². The molecule has 0 spiro atoms. The van der Waals surface area contributed by atoms with E-state index in [-0.39, 0.29) is 12.2 Å². The summed E-state index contributed by atoms with van der Waals surface area (Å²) in [5.74, 6) is 0.184. The lowest BCUT2D eigenvalue weighted by Crippen LogP contribution is -2.41. The number of ether oxygens (including phenoxy) is 1. The van der Waals surface area contributed by atoms with Gasteiger partial charge in [0.15, 0.2) is 5.82 Å². The van der Waals surface area contributed by atoms with Gasteiger partial charge in [0.1, 0.15) is 0 Å². The van der Waals surface area contributed by atoms with Crippen molar-refractivity contribution in [3.05, 3.63) is 18.2 Å². The van der Waals surface area contributed by atoms with Crippen molar-refractivity contribution in [2.24, 2.45) is 0 Å². The van der Waals surface area contributed by atoms with E-state index in [2.05, 4.69) is 14.9 Å². The van der Waals surface area contributed by atoms with E-state index in [0.29, 0.717) is 5.95 Å². The van der Waals surface area contributed by atoms with Crippen LogP contribution in [0.4, 0.5) is 10.3 Å². The molecule has 0 saturated carbocycles. The summed E-state index contributed by atoms with van der Waals surface area (Å²) in [6, 6.07) is 0. The number of aromatic nitrogens is 2. The maximum absolute atomic E-state index is 12.7. The van der Waals surface area contributed by atoms with Gasteiger partial charge >= 0.3 is 0 Å². The first kappa shape index (κ1) is 12.2. The summed E-state index contributed by atoms with van der Waals surface area (Å²) in [4.78, 5) is 10.1. The lowest BCUT2D eigenvalue weighted by atomic mass is 10.1. The molecule has 0 radical (unpaired) electrons. The number of nitrogens with zero attached hydrogens (tertiary/aromatic N) is 3. The van der Waals surface area contributed by atoms with Gasteiger partial charge in [-0.1, -0.05) is 0 Å². The quantitative estimate of drug-likeness (QED) is 0.808. The molecule has 17 heavy (non-hydrogen) atoms. The minimum Gasteiger partial charge on any atom is -0.374 e. The van der Waals surface area contributed by atoms with Crippen molar-refractivity contribution in [1.29, 1.82) is 0 Å². The Kier molecular flexibility index (Phi) is 3.89. The van der Waals surface area contributed by atoms with Crippen molar-refractivity contribution in [3.8, 4) is 0 Å². The van der Waals surface area contributed by atoms with Gasteiger partial charge in [0.2, 0.25) is 5.95 Å². The highest BCUT2D eigenvalue weighted by atomic mass is 19.1. The summed E-state index contributed by atoms with van der Waals surface area (Å²) < 4.78 is 18.5. The number of anilines is 1. The Hall–Kier alpha value is -1.23. The third-order valence-electron chi connectivity index (χ3n) is 2.73. The van der Waals surface area contributed by atoms with Crippen molar-refractivity contribution < 1.29 is 9.13 Å². The molecular weight excluding hydrogens is 221 g/mol. The predicted octanol–water partition coefficient (Wildman–Crippen LogP) is 2.01. The molecule has 2 rings (SSSR count). The molecule has 2 heterocycles. The van der Waals surface area contributed by atoms with E-state index in [1.165, 1.54) is 12.4 Å². The number of rotatable bonds is 3. The molecule has 1 aromatic rings. The van der Waals surface area contributed by atoms with Crippen LogP contribution in [-0.2, 0) is 4.74 Å². The SMILES string of the molecule is CC(C)O[C@H]1CCCN(c2ncc(F)cn2)C1. The molecule has 0 aliphatic carbocycles. The van der Waals surface area contributed by atoms with Crippen LogP contribution in [0.2, 0.25) is 0 Å². The van der Waals surface area contributed by atoms with Crippen LogP contribution in [0.3, 0.4) is 0 Å². The summed E-state index contributed by atoms with van der Waals surface area (Å²) in [5, 5.41) is 0. The second kappa shape index (κ2) is 5.40. The zero-order valence-electron chi connectivity index (χ0n) is 10.3. The topological polar surface area (TPSA) is 38.2 Å². The van der Waals surface area contributed by atoms with Crippen molar-refractivity contribution in [1.82, 2.24) is 9.97 Å². The molecular formula is C12H18FN3O. The van der Waals surface area contributed by atoms with Gasteiger partial charge in [0, 0.05) is 13.1 Å². The summed E-state index contributed by atoms with van der Waals surface area (Å²) in [5.41, 5.74) is 0. The molecule has 0 bridgehead atoms. The Morgan fingerprint density at radius 2 is 2.12 bits per heavy atom. The average molecular weight is 239 g/mol. The second-order valence-electron chi connectivity index (χ2n) is 4.60. The summed E-state index contributed by atoms with van der Waals surface area (Å²) in [6.45, 7) is 5.76. The van der Waals surface area contributed by atoms with Crippen LogP contribution in [0.25, 0.3) is 0 Å². The van der Waals surface area contributed by atoms with E-state index in [0.717, 1.165) is 25.9 Å². The summed E-state index contributed by atoms with van der Waals surface area (Å²) >= 11 is 0. The highest BCUT2D eigenvalue weighted by Gasteiger charge is 2.22. The van der Waals surface area contributed by atoms with Gasteiger partial charge in [-0.3, -0.25) is 0 Å². The van der Waals surface area contributed by atoms with Crippen molar-refractivity contribution >= 4 is 5.95 Å². The normalized spacial score (nSPS) is 20.9. The zero-order valence-corrected chi connectivity index (χ0v) is 10.3. The maximum Gasteiger partial charge on any atom is 0.225 e. The maximum atomic E-state index is 12.7. The van der Waals surface area contributed by atoms with E-state index in [9.17, 15) is 4.39 Å². The Balaban J connectivity index is 1.99. The molecule has 1 aliphatic rings. The Bertz CT molecular complexity index is 355. The molecule has 4 nitrogen and oxygen atoms in total. The number of hydrogen-bond donors (Lipinski definition) is 0. The molecule has 1 aliphatic heterocycles. The molecule has 1 atom stereocenters. The Morgan fingerprint density at radius 3 is 2.76 bits per heavy atom. The van der Waals surface area contributed by atoms with E-state index in [1.807, 2.05) is 13.8 Å². The van der Waals surface area contributed by atoms with Crippen LogP contribution in [0.5, 0.6) is 0 Å². The Morgan fingerprint density at radius 1 is 1.41 bits per heavy atom. The first-order valence-electron chi connectivity index (χ1n) is 6.03. The number of hydrogen-bond acceptors (Lipinski definition) is 4. The van der Waals surface area contributed by atoms with Gasteiger partial charge < -0.3 is 9.64 Å². The number of halogens is 1. The molecule has 0 amide bonds. The molecule has 0 aromatic carbocycles. The van der Waals surface area contributed by atoms with Gasteiger partial charge in [0.25, 0.3) is 0 Å². The minimum absolute atomic E-state index is 0.220. The van der Waals surface area contributed by atoms with Gasteiger partial charge in [-0.05, 0) is 26.7 Å². The van der Waals surface area contributed by atoms with E-state index in [1.54, 1.807) is 0 Å². The monoisotopic (exact) mass is 239 g/mol. The predicted molar refractivity (Wildman–Crippen MR) is 63.4 cm³/mol. The molecule has 1 aromatic heterocycles. The highest BCUT2D eigenvalue weighted by molar-refractivity contribution is 5.29. The van der Waals surface area contributed by atoms with Crippen molar-refractivity contribution in [2.45, 2.75) is 38.9 Å². The van der Waals surface area contributed by atoms with Crippen LogP contribution >= 0.6 is 0 Å². The molecule has 1 saturated heterocycles. The highest BCUT2D eigenvalue weighted by Crippen LogP contribution is 2.18. The summed E-state index contributed by atoms with van der Waals surface area (Å²) in [6.07, 6.45) is 4.98. The average Bonchev–Trinajstić information content (AvgIpc) is 2.29. The zero-order chi connectivity index (χ0) is 12.3. The Labute approximate surface area is 101 Å². The third kappa shape index (κ3) is 3.36. The van der Waals surface area contributed by atoms with Crippen molar-refractivity contribution in [3.63, 3.8) is 0 Å². The second-order valence-corrected chi connectivity index (χ2v) is 4.60. The van der Waals surface area contributed by atoms with Crippen LogP contribution in [0.1, 0.15) is 26.7 Å². The van der Waals surface area contributed by atoms with Gasteiger partial charge in [-0.2, -0.15) is 0 Å². The third-order valence-corrected chi connectivity index (χ3v) is 2.73. The fourth-order valence-corrected chi connectivity index (χ4v) is 2.08. The fourth-order valence-electron chi connectivity index (χ4n) is 2.08. The molecule has 1 fully saturated rings. The molecule has 94 valence electrons. The van der Waals surface area contributed by atoms with E-state index >= 15 is 0 Å². The van der Waals surface area contributed by atoms with Crippen molar-refractivity contribution in [2.75, 3.05) is 18.0 Å². The molecule has 0 N–H and O–H groups in total. The first-order chi connectivity index (χ1) is 8.15. The smallest absolute Gasteiger partial charge is 0.225 e. The number of piperidine rings is 1. The van der Waals surface area contributed by atoms with Crippen LogP contribution < -0.4 is 4.90 Å². The van der Waals surface area contributed by atoms with Crippen LogP contribution in [0, 0.1) is 5.82 Å². The largest absolute Gasteiger partial charge is 0.374 e. The lowest BCUT2D eigenvalue weighted by Gasteiger charge is -2.33. The van der Waals surface area contributed by atoms with Gasteiger partial charge in [-0.15, -0.1) is 0 Å². The van der Waals surface area contributed by atoms with E-state index < -0.39 is 5.82 Å². The van der Waals surface area contributed by atoms with Gasteiger partial charge in [0.05, 0.1) is 24.6 Å². The van der Waals surface area contributed by atoms with E-state index in [4.69, 9.17) is 4.74 Å². The minimum atomic E-state index is -0.402. The summed E-state index contributed by atoms with van der Waals surface area (Å²) in [7, 11) is 0. The molecule has 5 heteroatoms.